The number of carbonyl (C=O) groups is 2. The third-order valence-corrected chi connectivity index (χ3v) is 4.67. The van der Waals surface area contributed by atoms with E-state index in [0.717, 1.165) is 5.56 Å². The molecular formula is C15H8BrCl2NO2. The molecular weight excluding hydrogens is 377 g/mol. The second-order valence-electron chi connectivity index (χ2n) is 4.60. The number of halogens is 3. The van der Waals surface area contributed by atoms with Gasteiger partial charge < -0.3 is 4.90 Å². The Bertz CT molecular complexity index is 776. The van der Waals surface area contributed by atoms with Gasteiger partial charge in [-0.25, -0.2) is 0 Å². The molecule has 0 aliphatic carbocycles. The molecule has 0 unspecified atom stereocenters. The first kappa shape index (κ1) is 14.6. The Balaban J connectivity index is 2.00. The third kappa shape index (κ3) is 2.48. The lowest BCUT2D eigenvalue weighted by Gasteiger charge is -2.17. The first-order chi connectivity index (χ1) is 9.99. The maximum Gasteiger partial charge on any atom is 0.299 e. The summed E-state index contributed by atoms with van der Waals surface area (Å²) >= 11 is 15.2. The van der Waals surface area contributed by atoms with Crippen molar-refractivity contribution in [3.63, 3.8) is 0 Å². The summed E-state index contributed by atoms with van der Waals surface area (Å²) in [7, 11) is 0. The molecule has 0 spiro atoms. The van der Waals surface area contributed by atoms with Gasteiger partial charge in [0.25, 0.3) is 11.7 Å². The van der Waals surface area contributed by atoms with Gasteiger partial charge in [0, 0.05) is 4.47 Å². The Kier molecular flexibility index (Phi) is 3.78. The quantitative estimate of drug-likeness (QED) is 0.715. The number of hydrogen-bond donors (Lipinski definition) is 0. The zero-order valence-corrected chi connectivity index (χ0v) is 13.7. The van der Waals surface area contributed by atoms with Crippen LogP contribution in [-0.4, -0.2) is 11.7 Å². The van der Waals surface area contributed by atoms with E-state index in [1.807, 2.05) is 0 Å². The molecule has 1 aliphatic heterocycles. The fraction of sp³-hybridized carbons (Fsp3) is 0.0667. The molecule has 2 aromatic rings. The maximum absolute atomic E-state index is 12.2. The predicted octanol–water partition coefficient (Wildman–Crippen LogP) is 4.49. The number of benzene rings is 2. The number of amides is 1. The fourth-order valence-corrected chi connectivity index (χ4v) is 3.14. The first-order valence-electron chi connectivity index (χ1n) is 6.07. The number of Topliss-reactive ketones (excluding diaryl/α,β-unsaturated/α-hetero) is 1. The highest BCUT2D eigenvalue weighted by Gasteiger charge is 2.37. The Hall–Kier alpha value is -1.36. The molecule has 21 heavy (non-hydrogen) atoms. The molecule has 3 rings (SSSR count). The van der Waals surface area contributed by atoms with E-state index in [-0.39, 0.29) is 6.54 Å². The van der Waals surface area contributed by atoms with Crippen molar-refractivity contribution in [3.05, 3.63) is 62.0 Å². The van der Waals surface area contributed by atoms with Crippen LogP contribution in [0.4, 0.5) is 5.69 Å². The summed E-state index contributed by atoms with van der Waals surface area (Å²) in [4.78, 5) is 25.7. The lowest BCUT2D eigenvalue weighted by molar-refractivity contribution is -0.114. The predicted molar refractivity (Wildman–Crippen MR) is 86.1 cm³/mol. The molecule has 0 atom stereocenters. The lowest BCUT2D eigenvalue weighted by atomic mass is 10.1. The Morgan fingerprint density at radius 1 is 1.05 bits per heavy atom. The average Bonchev–Trinajstić information content (AvgIpc) is 2.69. The fourth-order valence-electron chi connectivity index (χ4n) is 2.28. The third-order valence-electron chi connectivity index (χ3n) is 3.27. The van der Waals surface area contributed by atoms with E-state index in [9.17, 15) is 9.59 Å². The summed E-state index contributed by atoms with van der Waals surface area (Å²) in [6, 6.07) is 10.4. The van der Waals surface area contributed by atoms with Crippen LogP contribution in [0.25, 0.3) is 0 Å². The molecule has 0 fully saturated rings. The number of anilines is 1. The van der Waals surface area contributed by atoms with Gasteiger partial charge in [-0.3, -0.25) is 9.59 Å². The van der Waals surface area contributed by atoms with Gasteiger partial charge in [0.2, 0.25) is 0 Å². The minimum atomic E-state index is -0.539. The molecule has 6 heteroatoms. The van der Waals surface area contributed by atoms with Crippen LogP contribution in [0.15, 0.2) is 40.9 Å². The Labute approximate surface area is 139 Å². The van der Waals surface area contributed by atoms with Crippen LogP contribution >= 0.6 is 39.1 Å². The number of fused-ring (bicyclic) bond motifs is 1. The van der Waals surface area contributed by atoms with Gasteiger partial charge >= 0.3 is 0 Å². The SMILES string of the molecule is O=C1C(=O)N(Cc2ccc(Cl)c(Cl)c2)c2cccc(Br)c21. The van der Waals surface area contributed by atoms with Gasteiger partial charge in [-0.15, -0.1) is 0 Å². The average molecular weight is 385 g/mol. The topological polar surface area (TPSA) is 37.4 Å². The summed E-state index contributed by atoms with van der Waals surface area (Å²) in [5.74, 6) is -1.04. The number of rotatable bonds is 2. The van der Waals surface area contributed by atoms with Crippen molar-refractivity contribution in [2.75, 3.05) is 4.90 Å². The molecule has 0 bridgehead atoms. The summed E-state index contributed by atoms with van der Waals surface area (Å²) in [6.07, 6.45) is 0. The molecule has 1 amide bonds. The number of hydrogen-bond acceptors (Lipinski definition) is 2. The van der Waals surface area contributed by atoms with Crippen LogP contribution in [0.3, 0.4) is 0 Å². The molecule has 2 aromatic carbocycles. The normalized spacial score (nSPS) is 13.8. The Morgan fingerprint density at radius 3 is 2.52 bits per heavy atom. The molecule has 0 aromatic heterocycles. The van der Waals surface area contributed by atoms with Crippen molar-refractivity contribution in [1.29, 1.82) is 0 Å². The zero-order valence-electron chi connectivity index (χ0n) is 10.6. The number of carbonyl (C=O) groups excluding carboxylic acids is 2. The number of ketones is 1. The van der Waals surface area contributed by atoms with Gasteiger partial charge in [-0.2, -0.15) is 0 Å². The second-order valence-corrected chi connectivity index (χ2v) is 6.27. The van der Waals surface area contributed by atoms with Crippen molar-refractivity contribution in [3.8, 4) is 0 Å². The molecule has 3 nitrogen and oxygen atoms in total. The van der Waals surface area contributed by atoms with Gasteiger partial charge in [0.15, 0.2) is 0 Å². The summed E-state index contributed by atoms with van der Waals surface area (Å²) < 4.78 is 0.620. The standard InChI is InChI=1S/C15H8BrCl2NO2/c16-9-2-1-3-12-13(9)14(20)15(21)19(12)7-8-4-5-10(17)11(18)6-8/h1-6H,7H2. The minimum absolute atomic E-state index is 0.269. The van der Waals surface area contributed by atoms with Gasteiger partial charge in [-0.05, 0) is 45.8 Å². The van der Waals surface area contributed by atoms with Crippen molar-refractivity contribution in [1.82, 2.24) is 0 Å². The minimum Gasteiger partial charge on any atom is -0.300 e. The molecule has 1 heterocycles. The monoisotopic (exact) mass is 383 g/mol. The summed E-state index contributed by atoms with van der Waals surface area (Å²) in [6.45, 7) is 0.269. The highest BCUT2D eigenvalue weighted by molar-refractivity contribution is 9.10. The van der Waals surface area contributed by atoms with Crippen LogP contribution in [0, 0.1) is 0 Å². The van der Waals surface area contributed by atoms with Crippen LogP contribution in [-0.2, 0) is 11.3 Å². The van der Waals surface area contributed by atoms with Crippen LogP contribution < -0.4 is 4.90 Å². The molecule has 106 valence electrons. The summed E-state index contributed by atoms with van der Waals surface area (Å²) in [5, 5.41) is 0.869. The van der Waals surface area contributed by atoms with E-state index in [4.69, 9.17) is 23.2 Å². The molecule has 0 saturated heterocycles. The van der Waals surface area contributed by atoms with E-state index in [0.29, 0.717) is 25.8 Å². The van der Waals surface area contributed by atoms with E-state index in [2.05, 4.69) is 15.9 Å². The van der Waals surface area contributed by atoms with E-state index in [1.54, 1.807) is 36.4 Å². The van der Waals surface area contributed by atoms with Crippen molar-refractivity contribution < 1.29 is 9.59 Å². The number of nitrogens with zero attached hydrogens (tertiary/aromatic N) is 1. The highest BCUT2D eigenvalue weighted by atomic mass is 79.9. The summed E-state index contributed by atoms with van der Waals surface area (Å²) in [5.41, 5.74) is 1.81. The van der Waals surface area contributed by atoms with E-state index >= 15 is 0 Å². The second kappa shape index (κ2) is 5.44. The van der Waals surface area contributed by atoms with Gasteiger partial charge in [0.1, 0.15) is 0 Å². The van der Waals surface area contributed by atoms with Crippen molar-refractivity contribution in [2.24, 2.45) is 0 Å². The molecule has 1 aliphatic rings. The molecule has 0 radical (unpaired) electrons. The smallest absolute Gasteiger partial charge is 0.299 e. The highest BCUT2D eigenvalue weighted by Crippen LogP contribution is 2.35. The zero-order chi connectivity index (χ0) is 15.1. The maximum atomic E-state index is 12.2. The molecule has 0 N–H and O–H groups in total. The lowest BCUT2D eigenvalue weighted by Crippen LogP contribution is -2.29. The van der Waals surface area contributed by atoms with Crippen molar-refractivity contribution in [2.45, 2.75) is 6.54 Å². The largest absolute Gasteiger partial charge is 0.300 e. The van der Waals surface area contributed by atoms with Crippen LogP contribution in [0.1, 0.15) is 15.9 Å². The Morgan fingerprint density at radius 2 is 1.81 bits per heavy atom. The van der Waals surface area contributed by atoms with Gasteiger partial charge in [-0.1, -0.05) is 35.3 Å². The van der Waals surface area contributed by atoms with E-state index < -0.39 is 11.7 Å². The van der Waals surface area contributed by atoms with E-state index in [1.165, 1.54) is 4.90 Å². The van der Waals surface area contributed by atoms with Crippen LogP contribution in [0.5, 0.6) is 0 Å². The van der Waals surface area contributed by atoms with Crippen LogP contribution in [0.2, 0.25) is 10.0 Å². The first-order valence-corrected chi connectivity index (χ1v) is 7.62. The van der Waals surface area contributed by atoms with Gasteiger partial charge in [0.05, 0.1) is 27.8 Å². The van der Waals surface area contributed by atoms with Crippen molar-refractivity contribution >= 4 is 56.5 Å². The molecule has 0 saturated carbocycles.